The molecular weight excluding hydrogens is 375 g/mol. The molecule has 3 aromatic carbocycles. The lowest BCUT2D eigenvalue weighted by atomic mass is 10.0. The molecule has 1 saturated carbocycles. The number of halogens is 2. The van der Waals surface area contributed by atoms with Crippen LogP contribution in [0.5, 0.6) is 0 Å². The highest BCUT2D eigenvalue weighted by Gasteiger charge is 2.50. The SMILES string of the molecule is CC[C@]1(N)C[C@H]1c1ccc(NC(=O)Cc2cccc3ccccc23)c(F)c1.Cl. The molecule has 0 saturated heterocycles. The molecule has 146 valence electrons. The molecule has 0 aromatic heterocycles. The molecule has 0 aliphatic heterocycles. The zero-order valence-electron chi connectivity index (χ0n) is 15.7. The van der Waals surface area contributed by atoms with Crippen LogP contribution in [0.15, 0.2) is 60.7 Å². The van der Waals surface area contributed by atoms with Gasteiger partial charge < -0.3 is 11.1 Å². The zero-order chi connectivity index (χ0) is 19.0. The van der Waals surface area contributed by atoms with Gasteiger partial charge in [0.25, 0.3) is 0 Å². The molecule has 3 nitrogen and oxygen atoms in total. The zero-order valence-corrected chi connectivity index (χ0v) is 16.6. The predicted molar refractivity (Wildman–Crippen MR) is 114 cm³/mol. The average molecular weight is 399 g/mol. The van der Waals surface area contributed by atoms with E-state index < -0.39 is 5.82 Å². The monoisotopic (exact) mass is 398 g/mol. The molecule has 1 aliphatic rings. The van der Waals surface area contributed by atoms with E-state index in [-0.39, 0.29) is 41.9 Å². The number of hydrogen-bond acceptors (Lipinski definition) is 2. The van der Waals surface area contributed by atoms with Gasteiger partial charge in [0.2, 0.25) is 5.91 Å². The van der Waals surface area contributed by atoms with Gasteiger partial charge in [-0.15, -0.1) is 12.4 Å². The fourth-order valence-electron chi connectivity index (χ4n) is 3.83. The van der Waals surface area contributed by atoms with Gasteiger partial charge in [0, 0.05) is 11.5 Å². The lowest BCUT2D eigenvalue weighted by Crippen LogP contribution is -2.22. The fourth-order valence-corrected chi connectivity index (χ4v) is 3.83. The fraction of sp³-hybridized carbons (Fsp3) is 0.261. The summed E-state index contributed by atoms with van der Waals surface area (Å²) in [5.74, 6) is -0.437. The summed E-state index contributed by atoms with van der Waals surface area (Å²) in [6.07, 6.45) is 1.96. The average Bonchev–Trinajstić information content (AvgIpc) is 3.36. The van der Waals surface area contributed by atoms with E-state index in [0.717, 1.165) is 34.7 Å². The second-order valence-electron chi connectivity index (χ2n) is 7.45. The molecule has 0 unspecified atom stereocenters. The quantitative estimate of drug-likeness (QED) is 0.622. The summed E-state index contributed by atoms with van der Waals surface area (Å²) in [5.41, 5.74) is 8.07. The van der Waals surface area contributed by atoms with Crippen molar-refractivity contribution < 1.29 is 9.18 Å². The summed E-state index contributed by atoms with van der Waals surface area (Å²) in [6.45, 7) is 2.05. The minimum absolute atomic E-state index is 0. The maximum absolute atomic E-state index is 14.5. The van der Waals surface area contributed by atoms with Gasteiger partial charge in [-0.2, -0.15) is 0 Å². The Kier molecular flexibility index (Phi) is 5.73. The normalized spacial score (nSPS) is 20.5. The van der Waals surface area contributed by atoms with E-state index in [9.17, 15) is 9.18 Å². The molecular formula is C23H24ClFN2O. The second-order valence-corrected chi connectivity index (χ2v) is 7.45. The standard InChI is InChI=1S/C23H23FN2O.ClH/c1-2-23(25)14-19(23)17-10-11-21(20(24)12-17)26-22(27)13-16-8-5-7-15-6-3-4-9-18(15)16;/h3-12,19H,2,13-14,25H2,1H3,(H,26,27);1H/t19-,23-;/m0./s1. The first-order chi connectivity index (χ1) is 13.0. The lowest BCUT2D eigenvalue weighted by molar-refractivity contribution is -0.115. The van der Waals surface area contributed by atoms with E-state index in [1.807, 2.05) is 48.5 Å². The molecule has 0 radical (unpaired) electrons. The van der Waals surface area contributed by atoms with E-state index in [1.165, 1.54) is 6.07 Å². The second kappa shape index (κ2) is 7.90. The molecule has 0 heterocycles. The Morgan fingerprint density at radius 3 is 2.64 bits per heavy atom. The number of rotatable bonds is 5. The summed E-state index contributed by atoms with van der Waals surface area (Å²) in [6, 6.07) is 18.8. The van der Waals surface area contributed by atoms with Crippen molar-refractivity contribution in [3.63, 3.8) is 0 Å². The molecule has 5 heteroatoms. The molecule has 4 rings (SSSR count). The summed E-state index contributed by atoms with van der Waals surface area (Å²) in [4.78, 5) is 12.5. The van der Waals surface area contributed by atoms with E-state index in [1.54, 1.807) is 6.07 Å². The van der Waals surface area contributed by atoms with Crippen LogP contribution in [-0.4, -0.2) is 11.4 Å². The number of carbonyl (C=O) groups excluding carboxylic acids is 1. The molecule has 3 aromatic rings. The molecule has 1 fully saturated rings. The van der Waals surface area contributed by atoms with Crippen LogP contribution in [0.1, 0.15) is 36.8 Å². The molecule has 3 N–H and O–H groups in total. The molecule has 28 heavy (non-hydrogen) atoms. The topological polar surface area (TPSA) is 55.1 Å². The van der Waals surface area contributed by atoms with Crippen LogP contribution in [0.25, 0.3) is 10.8 Å². The first kappa shape index (κ1) is 20.3. The first-order valence-electron chi connectivity index (χ1n) is 9.35. The number of carbonyl (C=O) groups is 1. The highest BCUT2D eigenvalue weighted by Crippen LogP contribution is 2.51. The van der Waals surface area contributed by atoms with Crippen LogP contribution in [-0.2, 0) is 11.2 Å². The summed E-state index contributed by atoms with van der Waals surface area (Å²) >= 11 is 0. The largest absolute Gasteiger partial charge is 0.325 e. The number of anilines is 1. The van der Waals surface area contributed by atoms with E-state index >= 15 is 0 Å². The van der Waals surface area contributed by atoms with Gasteiger partial charge in [0.1, 0.15) is 5.82 Å². The number of benzene rings is 3. The Morgan fingerprint density at radius 2 is 1.93 bits per heavy atom. The van der Waals surface area contributed by atoms with Gasteiger partial charge in [-0.25, -0.2) is 4.39 Å². The lowest BCUT2D eigenvalue weighted by Gasteiger charge is -2.11. The van der Waals surface area contributed by atoms with Crippen molar-refractivity contribution in [2.45, 2.75) is 37.6 Å². The van der Waals surface area contributed by atoms with Crippen LogP contribution in [0.2, 0.25) is 0 Å². The van der Waals surface area contributed by atoms with E-state index in [4.69, 9.17) is 5.73 Å². The molecule has 0 bridgehead atoms. The van der Waals surface area contributed by atoms with Gasteiger partial charge in [-0.3, -0.25) is 4.79 Å². The first-order valence-corrected chi connectivity index (χ1v) is 9.35. The summed E-state index contributed by atoms with van der Waals surface area (Å²) < 4.78 is 14.5. The highest BCUT2D eigenvalue weighted by atomic mass is 35.5. The minimum atomic E-state index is -0.413. The van der Waals surface area contributed by atoms with Crippen molar-refractivity contribution in [2.24, 2.45) is 5.73 Å². The highest BCUT2D eigenvalue weighted by molar-refractivity contribution is 5.96. The number of nitrogens with two attached hydrogens (primary N) is 1. The third kappa shape index (κ3) is 3.89. The molecule has 1 aliphatic carbocycles. The van der Waals surface area contributed by atoms with Crippen molar-refractivity contribution in [3.05, 3.63) is 77.6 Å². The maximum Gasteiger partial charge on any atom is 0.228 e. The van der Waals surface area contributed by atoms with Crippen molar-refractivity contribution in [1.29, 1.82) is 0 Å². The van der Waals surface area contributed by atoms with Gasteiger partial charge in [0.15, 0.2) is 0 Å². The van der Waals surface area contributed by atoms with Gasteiger partial charge in [0.05, 0.1) is 12.1 Å². The van der Waals surface area contributed by atoms with Crippen molar-refractivity contribution >= 4 is 34.8 Å². The Hall–Kier alpha value is -2.43. The third-order valence-electron chi connectivity index (χ3n) is 5.68. The van der Waals surface area contributed by atoms with Crippen molar-refractivity contribution in [2.75, 3.05) is 5.32 Å². The van der Waals surface area contributed by atoms with Crippen LogP contribution < -0.4 is 11.1 Å². The summed E-state index contributed by atoms with van der Waals surface area (Å²) in [7, 11) is 0. The van der Waals surface area contributed by atoms with Crippen LogP contribution in [0.4, 0.5) is 10.1 Å². The van der Waals surface area contributed by atoms with Crippen molar-refractivity contribution in [1.82, 2.24) is 0 Å². The van der Waals surface area contributed by atoms with Gasteiger partial charge >= 0.3 is 0 Å². The predicted octanol–water partition coefficient (Wildman–Crippen LogP) is 5.18. The molecule has 1 amide bonds. The van der Waals surface area contributed by atoms with Gasteiger partial charge in [-0.1, -0.05) is 55.5 Å². The summed E-state index contributed by atoms with van der Waals surface area (Å²) in [5, 5.41) is 4.83. The van der Waals surface area contributed by atoms with Crippen LogP contribution in [0, 0.1) is 5.82 Å². The molecule has 2 atom stereocenters. The van der Waals surface area contributed by atoms with Gasteiger partial charge in [-0.05, 0) is 46.9 Å². The molecule has 0 spiro atoms. The minimum Gasteiger partial charge on any atom is -0.325 e. The Bertz CT molecular complexity index is 1020. The van der Waals surface area contributed by atoms with Crippen molar-refractivity contribution in [3.8, 4) is 0 Å². The van der Waals surface area contributed by atoms with Crippen LogP contribution >= 0.6 is 12.4 Å². The Morgan fingerprint density at radius 1 is 1.18 bits per heavy atom. The van der Waals surface area contributed by atoms with E-state index in [0.29, 0.717) is 0 Å². The number of hydrogen-bond donors (Lipinski definition) is 2. The van der Waals surface area contributed by atoms with E-state index in [2.05, 4.69) is 12.2 Å². The number of fused-ring (bicyclic) bond motifs is 1. The Balaban J connectivity index is 0.00000225. The third-order valence-corrected chi connectivity index (χ3v) is 5.68. The number of amides is 1. The smallest absolute Gasteiger partial charge is 0.228 e. The van der Waals surface area contributed by atoms with Crippen LogP contribution in [0.3, 0.4) is 0 Å². The maximum atomic E-state index is 14.5. The Labute approximate surface area is 170 Å². The number of nitrogens with one attached hydrogen (secondary N) is 1.